The van der Waals surface area contributed by atoms with Gasteiger partial charge in [-0.25, -0.2) is 4.39 Å². The Kier molecular flexibility index (Phi) is 6.68. The molecule has 0 aliphatic carbocycles. The van der Waals surface area contributed by atoms with Crippen LogP contribution in [0.25, 0.3) is 0 Å². The molecule has 2 fully saturated rings. The van der Waals surface area contributed by atoms with E-state index in [0.29, 0.717) is 32.8 Å². The molecule has 2 amide bonds. The van der Waals surface area contributed by atoms with Gasteiger partial charge >= 0.3 is 0 Å². The Morgan fingerprint density at radius 1 is 1.41 bits per heavy atom. The summed E-state index contributed by atoms with van der Waals surface area (Å²) < 4.78 is 19.1. The van der Waals surface area contributed by atoms with Crippen molar-refractivity contribution in [3.63, 3.8) is 0 Å². The van der Waals surface area contributed by atoms with Crippen molar-refractivity contribution in [2.24, 2.45) is 0 Å². The molecule has 0 unspecified atom stereocenters. The standard InChI is InChI=1S/C19H25ClFN3O3/c1-23(14-4-8-27-9-5-14)18(25)11-17-19(26)22-6-7-24(17)12-13-2-3-15(20)16(21)10-13/h2-3,10,14,17H,4-9,11-12H2,1H3,(H,22,26)/t17-/m1/s1. The molecule has 27 heavy (non-hydrogen) atoms. The Labute approximate surface area is 163 Å². The van der Waals surface area contributed by atoms with Crippen LogP contribution in [0.3, 0.4) is 0 Å². The van der Waals surface area contributed by atoms with E-state index in [1.54, 1.807) is 18.0 Å². The zero-order chi connectivity index (χ0) is 19.4. The van der Waals surface area contributed by atoms with Gasteiger partial charge in [0.15, 0.2) is 0 Å². The molecule has 2 saturated heterocycles. The summed E-state index contributed by atoms with van der Waals surface area (Å²) in [4.78, 5) is 28.8. The fourth-order valence-electron chi connectivity index (χ4n) is 3.63. The summed E-state index contributed by atoms with van der Waals surface area (Å²) in [5.41, 5.74) is 0.724. The Hall–Kier alpha value is -1.70. The monoisotopic (exact) mass is 397 g/mol. The smallest absolute Gasteiger partial charge is 0.237 e. The largest absolute Gasteiger partial charge is 0.381 e. The Morgan fingerprint density at radius 2 is 2.15 bits per heavy atom. The number of benzene rings is 1. The number of hydrogen-bond acceptors (Lipinski definition) is 4. The predicted octanol–water partition coefficient (Wildman–Crippen LogP) is 1.81. The van der Waals surface area contributed by atoms with E-state index in [2.05, 4.69) is 5.32 Å². The zero-order valence-corrected chi connectivity index (χ0v) is 16.2. The molecule has 0 saturated carbocycles. The van der Waals surface area contributed by atoms with Crippen LogP contribution in [0, 0.1) is 5.82 Å². The first-order chi connectivity index (χ1) is 13.0. The highest BCUT2D eigenvalue weighted by Gasteiger charge is 2.34. The van der Waals surface area contributed by atoms with E-state index in [9.17, 15) is 14.0 Å². The molecule has 0 aromatic heterocycles. The lowest BCUT2D eigenvalue weighted by atomic mass is 10.0. The van der Waals surface area contributed by atoms with Gasteiger partial charge in [-0.3, -0.25) is 14.5 Å². The number of carbonyl (C=O) groups is 2. The number of ether oxygens (including phenoxy) is 1. The van der Waals surface area contributed by atoms with E-state index in [1.807, 2.05) is 4.90 Å². The van der Waals surface area contributed by atoms with Crippen LogP contribution in [0.2, 0.25) is 5.02 Å². The molecule has 0 spiro atoms. The summed E-state index contributed by atoms with van der Waals surface area (Å²) in [6, 6.07) is 4.21. The van der Waals surface area contributed by atoms with E-state index < -0.39 is 11.9 Å². The number of piperazine rings is 1. The van der Waals surface area contributed by atoms with Gasteiger partial charge in [0.1, 0.15) is 5.82 Å². The van der Waals surface area contributed by atoms with Gasteiger partial charge in [0, 0.05) is 45.9 Å². The van der Waals surface area contributed by atoms with Crippen molar-refractivity contribution >= 4 is 23.4 Å². The van der Waals surface area contributed by atoms with Crippen LogP contribution < -0.4 is 5.32 Å². The molecule has 2 heterocycles. The lowest BCUT2D eigenvalue weighted by Crippen LogP contribution is -2.56. The van der Waals surface area contributed by atoms with Gasteiger partial charge in [-0.2, -0.15) is 0 Å². The summed E-state index contributed by atoms with van der Waals surface area (Å²) in [5, 5.41) is 2.90. The Morgan fingerprint density at radius 3 is 2.85 bits per heavy atom. The molecular formula is C19H25ClFN3O3. The number of rotatable bonds is 5. The lowest BCUT2D eigenvalue weighted by Gasteiger charge is -2.37. The minimum Gasteiger partial charge on any atom is -0.381 e. The topological polar surface area (TPSA) is 61.9 Å². The minimum absolute atomic E-state index is 0.0590. The van der Waals surface area contributed by atoms with Crippen molar-refractivity contribution in [3.05, 3.63) is 34.6 Å². The molecule has 2 aliphatic rings. The van der Waals surface area contributed by atoms with E-state index in [1.165, 1.54) is 12.1 Å². The molecule has 6 nitrogen and oxygen atoms in total. The maximum Gasteiger partial charge on any atom is 0.237 e. The van der Waals surface area contributed by atoms with Crippen molar-refractivity contribution in [2.75, 3.05) is 33.4 Å². The van der Waals surface area contributed by atoms with Crippen molar-refractivity contribution < 1.29 is 18.7 Å². The van der Waals surface area contributed by atoms with Gasteiger partial charge in [-0.05, 0) is 30.5 Å². The van der Waals surface area contributed by atoms with Crippen LogP contribution in [0.4, 0.5) is 4.39 Å². The summed E-state index contributed by atoms with van der Waals surface area (Å²) in [6.45, 7) is 2.81. The number of hydrogen-bond donors (Lipinski definition) is 1. The number of carbonyl (C=O) groups excluding carboxylic acids is 2. The second kappa shape index (κ2) is 8.99. The highest BCUT2D eigenvalue weighted by atomic mass is 35.5. The molecule has 148 valence electrons. The fourth-order valence-corrected chi connectivity index (χ4v) is 3.75. The van der Waals surface area contributed by atoms with Crippen LogP contribution in [0.15, 0.2) is 18.2 Å². The molecule has 2 aliphatic heterocycles. The second-order valence-corrected chi connectivity index (χ2v) is 7.49. The summed E-state index contributed by atoms with van der Waals surface area (Å²) >= 11 is 5.74. The van der Waals surface area contributed by atoms with Gasteiger partial charge in [0.2, 0.25) is 11.8 Å². The summed E-state index contributed by atoms with van der Waals surface area (Å²) in [7, 11) is 1.79. The molecule has 0 radical (unpaired) electrons. The van der Waals surface area contributed by atoms with Gasteiger partial charge < -0.3 is 15.0 Å². The summed E-state index contributed by atoms with van der Waals surface area (Å²) in [5.74, 6) is -0.705. The Balaban J connectivity index is 1.67. The SMILES string of the molecule is CN(C(=O)C[C@@H]1C(=O)NCCN1Cc1ccc(Cl)c(F)c1)C1CCOCC1. The van der Waals surface area contributed by atoms with Crippen LogP contribution in [-0.4, -0.2) is 67.0 Å². The molecular weight excluding hydrogens is 373 g/mol. The maximum atomic E-state index is 13.7. The third-order valence-corrected chi connectivity index (χ3v) is 5.62. The van der Waals surface area contributed by atoms with E-state index >= 15 is 0 Å². The zero-order valence-electron chi connectivity index (χ0n) is 15.4. The van der Waals surface area contributed by atoms with Crippen LogP contribution >= 0.6 is 11.6 Å². The molecule has 1 atom stereocenters. The average molecular weight is 398 g/mol. The third kappa shape index (κ3) is 4.97. The molecule has 1 aromatic carbocycles. The van der Waals surface area contributed by atoms with Gasteiger partial charge in [-0.15, -0.1) is 0 Å². The quantitative estimate of drug-likeness (QED) is 0.823. The lowest BCUT2D eigenvalue weighted by molar-refractivity contribution is -0.140. The average Bonchev–Trinajstić information content (AvgIpc) is 2.67. The molecule has 1 N–H and O–H groups in total. The molecule has 0 bridgehead atoms. The molecule has 8 heteroatoms. The first-order valence-corrected chi connectivity index (χ1v) is 9.62. The van der Waals surface area contributed by atoms with Crippen molar-refractivity contribution in [1.82, 2.24) is 15.1 Å². The van der Waals surface area contributed by atoms with E-state index in [-0.39, 0.29) is 29.3 Å². The summed E-state index contributed by atoms with van der Waals surface area (Å²) in [6.07, 6.45) is 1.73. The number of nitrogens with zero attached hydrogens (tertiary/aromatic N) is 2. The molecule has 1 aromatic rings. The normalized spacial score (nSPS) is 21.7. The maximum absolute atomic E-state index is 13.7. The number of amides is 2. The van der Waals surface area contributed by atoms with Crippen LogP contribution in [0.5, 0.6) is 0 Å². The predicted molar refractivity (Wildman–Crippen MR) is 99.8 cm³/mol. The van der Waals surface area contributed by atoms with Gasteiger partial charge in [0.05, 0.1) is 17.5 Å². The van der Waals surface area contributed by atoms with E-state index in [0.717, 1.165) is 18.4 Å². The minimum atomic E-state index is -0.563. The molecule has 3 rings (SSSR count). The first kappa shape index (κ1) is 20.0. The van der Waals surface area contributed by atoms with E-state index in [4.69, 9.17) is 16.3 Å². The van der Waals surface area contributed by atoms with Crippen molar-refractivity contribution in [1.29, 1.82) is 0 Å². The number of nitrogens with one attached hydrogen (secondary N) is 1. The Bertz CT molecular complexity index is 697. The third-order valence-electron chi connectivity index (χ3n) is 5.31. The fraction of sp³-hybridized carbons (Fsp3) is 0.579. The van der Waals surface area contributed by atoms with Gasteiger partial charge in [0.25, 0.3) is 0 Å². The highest BCUT2D eigenvalue weighted by molar-refractivity contribution is 6.30. The first-order valence-electron chi connectivity index (χ1n) is 9.25. The second-order valence-electron chi connectivity index (χ2n) is 7.08. The van der Waals surface area contributed by atoms with Crippen molar-refractivity contribution in [2.45, 2.75) is 37.9 Å². The highest BCUT2D eigenvalue weighted by Crippen LogP contribution is 2.20. The van der Waals surface area contributed by atoms with Gasteiger partial charge in [-0.1, -0.05) is 17.7 Å². The van der Waals surface area contributed by atoms with Crippen molar-refractivity contribution in [3.8, 4) is 0 Å². The van der Waals surface area contributed by atoms with Crippen LogP contribution in [-0.2, 0) is 20.9 Å². The number of halogens is 2. The van der Waals surface area contributed by atoms with Crippen LogP contribution in [0.1, 0.15) is 24.8 Å².